The van der Waals surface area contributed by atoms with Gasteiger partial charge in [0, 0.05) is 23.4 Å². The van der Waals surface area contributed by atoms with Crippen molar-refractivity contribution in [3.8, 4) is 5.75 Å². The van der Waals surface area contributed by atoms with Crippen molar-refractivity contribution < 1.29 is 23.5 Å². The summed E-state index contributed by atoms with van der Waals surface area (Å²) in [6.45, 7) is 1.63. The highest BCUT2D eigenvalue weighted by molar-refractivity contribution is 6.04. The summed E-state index contributed by atoms with van der Waals surface area (Å²) in [4.78, 5) is 24.7. The molecule has 2 amide bonds. The lowest BCUT2D eigenvalue weighted by Gasteiger charge is -2.12. The molecule has 7 nitrogen and oxygen atoms in total. The number of hydrogen-bond donors (Lipinski definition) is 2. The molecular formula is C24H24N2O5. The predicted molar refractivity (Wildman–Crippen MR) is 115 cm³/mol. The van der Waals surface area contributed by atoms with Crippen molar-refractivity contribution in [3.05, 3.63) is 83.8 Å². The van der Waals surface area contributed by atoms with Gasteiger partial charge >= 0.3 is 0 Å². The van der Waals surface area contributed by atoms with E-state index in [2.05, 4.69) is 10.6 Å². The van der Waals surface area contributed by atoms with Gasteiger partial charge in [-0.3, -0.25) is 9.59 Å². The summed E-state index contributed by atoms with van der Waals surface area (Å²) in [7, 11) is 0. The van der Waals surface area contributed by atoms with Crippen LogP contribution in [0.5, 0.6) is 5.75 Å². The molecule has 31 heavy (non-hydrogen) atoms. The Bertz CT molecular complexity index is 991. The highest BCUT2D eigenvalue weighted by Crippen LogP contribution is 2.18. The van der Waals surface area contributed by atoms with Gasteiger partial charge < -0.3 is 24.5 Å². The quantitative estimate of drug-likeness (QED) is 0.575. The van der Waals surface area contributed by atoms with Crippen molar-refractivity contribution in [1.82, 2.24) is 5.32 Å². The van der Waals surface area contributed by atoms with Crippen LogP contribution >= 0.6 is 0 Å². The Morgan fingerprint density at radius 1 is 0.968 bits per heavy atom. The molecule has 1 saturated heterocycles. The van der Waals surface area contributed by atoms with Crippen LogP contribution in [0.4, 0.5) is 5.69 Å². The summed E-state index contributed by atoms with van der Waals surface area (Å²) in [6, 6.07) is 17.3. The summed E-state index contributed by atoms with van der Waals surface area (Å²) >= 11 is 0. The van der Waals surface area contributed by atoms with Crippen LogP contribution in [0.25, 0.3) is 0 Å². The molecule has 0 saturated carbocycles. The van der Waals surface area contributed by atoms with Crippen LogP contribution in [0.3, 0.4) is 0 Å². The molecule has 1 unspecified atom stereocenters. The number of carbonyl (C=O) groups excluding carboxylic acids is 2. The summed E-state index contributed by atoms with van der Waals surface area (Å²) < 4.78 is 16.5. The molecule has 4 rings (SSSR count). The Morgan fingerprint density at radius 2 is 1.71 bits per heavy atom. The molecule has 0 aliphatic carbocycles. The van der Waals surface area contributed by atoms with Crippen LogP contribution in [0.15, 0.2) is 71.3 Å². The standard InChI is InChI=1S/C24H24N2O5/c27-23(25-15-21-3-1-13-29-21)17-5-9-19(10-6-17)26-24(28)18-7-11-20(12-8-18)31-16-22-4-2-14-30-22/h1,3,5-13,22H,2,4,14-16H2,(H,25,27)(H,26,28). The molecule has 1 aromatic heterocycles. The predicted octanol–water partition coefficient (Wildman–Crippen LogP) is 4.02. The number of benzene rings is 2. The molecule has 0 bridgehead atoms. The topological polar surface area (TPSA) is 89.8 Å². The number of furan rings is 1. The third kappa shape index (κ3) is 5.73. The van der Waals surface area contributed by atoms with Crippen LogP contribution in [-0.2, 0) is 11.3 Å². The van der Waals surface area contributed by atoms with Gasteiger partial charge in [-0.15, -0.1) is 0 Å². The van der Waals surface area contributed by atoms with Crippen LogP contribution in [0.1, 0.15) is 39.3 Å². The molecule has 2 aromatic carbocycles. The van der Waals surface area contributed by atoms with Gasteiger partial charge in [0.15, 0.2) is 0 Å². The van der Waals surface area contributed by atoms with Gasteiger partial charge in [0.1, 0.15) is 18.1 Å². The molecule has 1 fully saturated rings. The summed E-state index contributed by atoms with van der Waals surface area (Å²) in [5.41, 5.74) is 1.62. The first-order valence-electron chi connectivity index (χ1n) is 10.2. The number of rotatable bonds is 8. The SMILES string of the molecule is O=C(NCc1ccco1)c1ccc(NC(=O)c2ccc(OCC3CCCO3)cc2)cc1. The molecule has 0 radical (unpaired) electrons. The lowest BCUT2D eigenvalue weighted by atomic mass is 10.1. The van der Waals surface area contributed by atoms with Crippen molar-refractivity contribution in [2.24, 2.45) is 0 Å². The van der Waals surface area contributed by atoms with E-state index in [9.17, 15) is 9.59 Å². The lowest BCUT2D eigenvalue weighted by Crippen LogP contribution is -2.22. The van der Waals surface area contributed by atoms with E-state index >= 15 is 0 Å². The molecule has 1 aliphatic heterocycles. The first-order chi connectivity index (χ1) is 15.2. The highest BCUT2D eigenvalue weighted by Gasteiger charge is 2.16. The van der Waals surface area contributed by atoms with Crippen LogP contribution < -0.4 is 15.4 Å². The third-order valence-corrected chi connectivity index (χ3v) is 4.98. The van der Waals surface area contributed by atoms with Gasteiger partial charge in [0.25, 0.3) is 11.8 Å². The number of ether oxygens (including phenoxy) is 2. The Kier molecular flexibility index (Phi) is 6.64. The first kappa shape index (κ1) is 20.7. The zero-order chi connectivity index (χ0) is 21.5. The maximum Gasteiger partial charge on any atom is 0.255 e. The van der Waals surface area contributed by atoms with Gasteiger partial charge in [0.05, 0.1) is 18.9 Å². The number of hydrogen-bond acceptors (Lipinski definition) is 5. The van der Waals surface area contributed by atoms with Crippen molar-refractivity contribution in [3.63, 3.8) is 0 Å². The molecule has 1 aliphatic rings. The van der Waals surface area contributed by atoms with Gasteiger partial charge in [0.2, 0.25) is 0 Å². The maximum absolute atomic E-state index is 12.5. The smallest absolute Gasteiger partial charge is 0.255 e. The van der Waals surface area contributed by atoms with E-state index in [-0.39, 0.29) is 17.9 Å². The Balaban J connectivity index is 1.27. The number of nitrogens with one attached hydrogen (secondary N) is 2. The number of carbonyl (C=O) groups is 2. The molecule has 1 atom stereocenters. The van der Waals surface area contributed by atoms with Gasteiger partial charge in [-0.1, -0.05) is 0 Å². The minimum absolute atomic E-state index is 0.151. The Morgan fingerprint density at radius 3 is 2.39 bits per heavy atom. The minimum atomic E-state index is -0.235. The van der Waals surface area contributed by atoms with Crippen LogP contribution in [0.2, 0.25) is 0 Å². The average molecular weight is 420 g/mol. The fraction of sp³-hybridized carbons (Fsp3) is 0.250. The van der Waals surface area contributed by atoms with Gasteiger partial charge in [-0.2, -0.15) is 0 Å². The van der Waals surface area contributed by atoms with Crippen LogP contribution in [0, 0.1) is 0 Å². The molecule has 160 valence electrons. The summed E-state index contributed by atoms with van der Waals surface area (Å²) in [5, 5.41) is 5.61. The van der Waals surface area contributed by atoms with E-state index in [0.717, 1.165) is 19.4 Å². The second-order valence-electron chi connectivity index (χ2n) is 7.26. The maximum atomic E-state index is 12.5. The number of anilines is 1. The Hall–Kier alpha value is -3.58. The zero-order valence-electron chi connectivity index (χ0n) is 17.0. The largest absolute Gasteiger partial charge is 0.491 e. The zero-order valence-corrected chi connectivity index (χ0v) is 17.0. The van der Waals surface area contributed by atoms with Crippen molar-refractivity contribution in [2.75, 3.05) is 18.5 Å². The minimum Gasteiger partial charge on any atom is -0.491 e. The van der Waals surface area contributed by atoms with Crippen molar-refractivity contribution in [1.29, 1.82) is 0 Å². The Labute approximate surface area is 180 Å². The van der Waals surface area contributed by atoms with Crippen LogP contribution in [-0.4, -0.2) is 31.1 Å². The first-order valence-corrected chi connectivity index (χ1v) is 10.2. The molecular weight excluding hydrogens is 396 g/mol. The van der Waals surface area contributed by atoms with E-state index < -0.39 is 0 Å². The average Bonchev–Trinajstić information content (AvgIpc) is 3.51. The van der Waals surface area contributed by atoms with E-state index in [0.29, 0.717) is 41.5 Å². The molecule has 0 spiro atoms. The van der Waals surface area contributed by atoms with Gasteiger partial charge in [-0.05, 0) is 73.5 Å². The normalized spacial score (nSPS) is 15.4. The van der Waals surface area contributed by atoms with E-state index in [1.807, 2.05) is 0 Å². The van der Waals surface area contributed by atoms with Crippen molar-refractivity contribution >= 4 is 17.5 Å². The lowest BCUT2D eigenvalue weighted by molar-refractivity contribution is 0.0679. The third-order valence-electron chi connectivity index (χ3n) is 4.98. The van der Waals surface area contributed by atoms with E-state index in [1.165, 1.54) is 0 Å². The van der Waals surface area contributed by atoms with Gasteiger partial charge in [-0.25, -0.2) is 0 Å². The highest BCUT2D eigenvalue weighted by atomic mass is 16.5. The van der Waals surface area contributed by atoms with E-state index in [1.54, 1.807) is 66.9 Å². The number of amides is 2. The molecule has 2 heterocycles. The fourth-order valence-electron chi connectivity index (χ4n) is 3.26. The summed E-state index contributed by atoms with van der Waals surface area (Å²) in [5.74, 6) is 0.936. The molecule has 3 aromatic rings. The second kappa shape index (κ2) is 9.95. The monoisotopic (exact) mass is 420 g/mol. The second-order valence-corrected chi connectivity index (χ2v) is 7.26. The molecule has 2 N–H and O–H groups in total. The summed E-state index contributed by atoms with van der Waals surface area (Å²) in [6.07, 6.45) is 3.80. The van der Waals surface area contributed by atoms with Crippen molar-refractivity contribution in [2.45, 2.75) is 25.5 Å². The fourth-order valence-corrected chi connectivity index (χ4v) is 3.26. The molecule has 7 heteroatoms. The van der Waals surface area contributed by atoms with E-state index in [4.69, 9.17) is 13.9 Å².